The van der Waals surface area contributed by atoms with Crippen molar-refractivity contribution in [1.29, 1.82) is 5.26 Å². The molecule has 1 aromatic carbocycles. The molecule has 1 rings (SSSR count). The van der Waals surface area contributed by atoms with Gasteiger partial charge in [-0.2, -0.15) is 5.26 Å². The minimum atomic E-state index is -0.671. The van der Waals surface area contributed by atoms with Crippen molar-refractivity contribution in [2.75, 3.05) is 25.0 Å². The van der Waals surface area contributed by atoms with Gasteiger partial charge in [0.25, 0.3) is 0 Å². The molecular weight excluding hydrogens is 274 g/mol. The first-order valence-corrected chi connectivity index (χ1v) is 5.99. The van der Waals surface area contributed by atoms with E-state index in [1.54, 1.807) is 18.2 Å². The van der Waals surface area contributed by atoms with Gasteiger partial charge in [-0.15, -0.1) is 0 Å². The molecule has 8 heteroatoms. The van der Waals surface area contributed by atoms with Crippen LogP contribution in [0.25, 0.3) is 0 Å². The zero-order valence-corrected chi connectivity index (χ0v) is 11.2. The minimum Gasteiger partial charge on any atom is -0.369 e. The van der Waals surface area contributed by atoms with Crippen molar-refractivity contribution < 1.29 is 14.4 Å². The Hall–Kier alpha value is -2.92. The van der Waals surface area contributed by atoms with Gasteiger partial charge in [0.1, 0.15) is 0 Å². The molecule has 0 fully saturated rings. The molecule has 0 aromatic heterocycles. The molecule has 5 N–H and O–H groups in total. The predicted molar refractivity (Wildman–Crippen MR) is 74.6 cm³/mol. The second kappa shape index (κ2) is 7.62. The van der Waals surface area contributed by atoms with E-state index in [1.807, 2.05) is 6.07 Å². The van der Waals surface area contributed by atoms with E-state index >= 15 is 0 Å². The Labute approximate surface area is 121 Å². The first-order valence-electron chi connectivity index (χ1n) is 5.99. The number of primary amides is 2. The number of nitrogens with two attached hydrogens (primary N) is 2. The smallest absolute Gasteiger partial charge is 0.238 e. The van der Waals surface area contributed by atoms with Crippen molar-refractivity contribution >= 4 is 23.4 Å². The first kappa shape index (κ1) is 16.1. The summed E-state index contributed by atoms with van der Waals surface area (Å²) in [7, 11) is 0. The van der Waals surface area contributed by atoms with E-state index in [9.17, 15) is 14.4 Å². The fourth-order valence-corrected chi connectivity index (χ4v) is 1.68. The summed E-state index contributed by atoms with van der Waals surface area (Å²) in [5, 5.41) is 11.3. The van der Waals surface area contributed by atoms with Crippen molar-refractivity contribution in [3.63, 3.8) is 0 Å². The van der Waals surface area contributed by atoms with Gasteiger partial charge in [-0.25, -0.2) is 0 Å². The predicted octanol–water partition coefficient (Wildman–Crippen LogP) is -1.23. The lowest BCUT2D eigenvalue weighted by molar-refractivity contribution is -0.123. The van der Waals surface area contributed by atoms with Crippen LogP contribution in [0.1, 0.15) is 5.56 Å². The molecule has 0 radical (unpaired) electrons. The summed E-state index contributed by atoms with van der Waals surface area (Å²) in [6, 6.07) is 8.29. The van der Waals surface area contributed by atoms with Crippen LogP contribution in [-0.4, -0.2) is 42.3 Å². The second-order valence-electron chi connectivity index (χ2n) is 4.32. The quantitative estimate of drug-likeness (QED) is 0.576. The van der Waals surface area contributed by atoms with Gasteiger partial charge in [0.2, 0.25) is 17.7 Å². The lowest BCUT2D eigenvalue weighted by atomic mass is 10.2. The maximum Gasteiger partial charge on any atom is 0.238 e. The van der Waals surface area contributed by atoms with E-state index in [0.717, 1.165) is 0 Å². The molecule has 0 atom stereocenters. The SMILES string of the molecule is N#Cc1cccc(NC(=O)CN(CC(N)=O)CC(N)=O)c1. The van der Waals surface area contributed by atoms with Gasteiger partial charge >= 0.3 is 0 Å². The topological polar surface area (TPSA) is 142 Å². The number of hydrogen-bond acceptors (Lipinski definition) is 5. The summed E-state index contributed by atoms with van der Waals surface area (Å²) >= 11 is 0. The number of nitriles is 1. The van der Waals surface area contributed by atoms with Crippen molar-refractivity contribution in [2.24, 2.45) is 11.5 Å². The van der Waals surface area contributed by atoms with Gasteiger partial charge in [-0.3, -0.25) is 19.3 Å². The Bertz CT molecular complexity index is 578. The second-order valence-corrected chi connectivity index (χ2v) is 4.32. The highest BCUT2D eigenvalue weighted by Gasteiger charge is 2.15. The molecular formula is C13H15N5O3. The highest BCUT2D eigenvalue weighted by molar-refractivity contribution is 5.93. The number of carbonyl (C=O) groups excluding carboxylic acids is 3. The average Bonchev–Trinajstić information content (AvgIpc) is 2.37. The van der Waals surface area contributed by atoms with Crippen molar-refractivity contribution in [2.45, 2.75) is 0 Å². The summed E-state index contributed by atoms with van der Waals surface area (Å²) in [5.74, 6) is -1.79. The molecule has 0 aliphatic rings. The highest BCUT2D eigenvalue weighted by atomic mass is 16.2. The third-order valence-corrected chi connectivity index (χ3v) is 2.40. The highest BCUT2D eigenvalue weighted by Crippen LogP contribution is 2.09. The monoisotopic (exact) mass is 289 g/mol. The number of rotatable bonds is 7. The van der Waals surface area contributed by atoms with E-state index in [1.165, 1.54) is 11.0 Å². The third-order valence-electron chi connectivity index (χ3n) is 2.40. The molecule has 0 aliphatic heterocycles. The maximum absolute atomic E-state index is 11.8. The molecule has 0 aliphatic carbocycles. The lowest BCUT2D eigenvalue weighted by Gasteiger charge is -2.18. The molecule has 1 aromatic rings. The molecule has 110 valence electrons. The van der Waals surface area contributed by atoms with Crippen molar-refractivity contribution in [1.82, 2.24) is 4.90 Å². The summed E-state index contributed by atoms with van der Waals surface area (Å²) in [5.41, 5.74) is 10.9. The van der Waals surface area contributed by atoms with Gasteiger partial charge in [0.05, 0.1) is 31.3 Å². The molecule has 0 unspecified atom stereocenters. The number of anilines is 1. The zero-order chi connectivity index (χ0) is 15.8. The maximum atomic E-state index is 11.8. The van der Waals surface area contributed by atoms with Crippen LogP contribution in [0.3, 0.4) is 0 Å². The van der Waals surface area contributed by atoms with E-state index in [4.69, 9.17) is 16.7 Å². The van der Waals surface area contributed by atoms with Gasteiger partial charge in [-0.1, -0.05) is 6.07 Å². The van der Waals surface area contributed by atoms with E-state index in [0.29, 0.717) is 11.3 Å². The molecule has 3 amide bonds. The lowest BCUT2D eigenvalue weighted by Crippen LogP contribution is -2.43. The zero-order valence-electron chi connectivity index (χ0n) is 11.2. The number of hydrogen-bond donors (Lipinski definition) is 3. The third kappa shape index (κ3) is 6.17. The Balaban J connectivity index is 2.66. The molecule has 0 saturated carbocycles. The minimum absolute atomic E-state index is 0.220. The molecule has 8 nitrogen and oxygen atoms in total. The van der Waals surface area contributed by atoms with Gasteiger partial charge in [0, 0.05) is 5.69 Å². The molecule has 0 bridgehead atoms. The average molecular weight is 289 g/mol. The summed E-state index contributed by atoms with van der Waals surface area (Å²) in [6.45, 7) is -0.730. The van der Waals surface area contributed by atoms with Crippen LogP contribution in [0.5, 0.6) is 0 Å². The van der Waals surface area contributed by atoms with Crippen molar-refractivity contribution in [3.05, 3.63) is 29.8 Å². The fourth-order valence-electron chi connectivity index (χ4n) is 1.68. The number of nitrogens with zero attached hydrogens (tertiary/aromatic N) is 2. The standard InChI is InChI=1S/C13H15N5O3/c14-5-9-2-1-3-10(4-9)17-13(21)8-18(6-11(15)19)7-12(16)20/h1-4H,6-8H2,(H2,15,19)(H2,16,20)(H,17,21). The Morgan fingerprint density at radius 1 is 1.14 bits per heavy atom. The van der Waals surface area contributed by atoms with Gasteiger partial charge < -0.3 is 16.8 Å². The molecule has 0 saturated heterocycles. The number of carbonyl (C=O) groups is 3. The van der Waals surface area contributed by atoms with Crippen LogP contribution >= 0.6 is 0 Å². The van der Waals surface area contributed by atoms with Crippen LogP contribution in [-0.2, 0) is 14.4 Å². The van der Waals surface area contributed by atoms with E-state index in [2.05, 4.69) is 5.32 Å². The Morgan fingerprint density at radius 3 is 2.29 bits per heavy atom. The summed E-state index contributed by atoms with van der Waals surface area (Å²) < 4.78 is 0. The molecule has 21 heavy (non-hydrogen) atoms. The first-order chi connectivity index (χ1) is 9.90. The van der Waals surface area contributed by atoms with Gasteiger partial charge in [0.15, 0.2) is 0 Å². The van der Waals surface area contributed by atoms with Crippen LogP contribution in [0, 0.1) is 11.3 Å². The van der Waals surface area contributed by atoms with Crippen LogP contribution in [0.15, 0.2) is 24.3 Å². The fraction of sp³-hybridized carbons (Fsp3) is 0.231. The Morgan fingerprint density at radius 2 is 1.76 bits per heavy atom. The number of benzene rings is 1. The van der Waals surface area contributed by atoms with Crippen LogP contribution in [0.4, 0.5) is 5.69 Å². The van der Waals surface area contributed by atoms with E-state index in [-0.39, 0.29) is 19.6 Å². The normalized spacial score (nSPS) is 9.90. The largest absolute Gasteiger partial charge is 0.369 e. The van der Waals surface area contributed by atoms with E-state index < -0.39 is 17.7 Å². The van der Waals surface area contributed by atoms with Gasteiger partial charge in [-0.05, 0) is 18.2 Å². The van der Waals surface area contributed by atoms with Crippen LogP contribution < -0.4 is 16.8 Å². The van der Waals surface area contributed by atoms with Crippen LogP contribution in [0.2, 0.25) is 0 Å². The van der Waals surface area contributed by atoms with Crippen molar-refractivity contribution in [3.8, 4) is 6.07 Å². The summed E-state index contributed by atoms with van der Waals surface area (Å²) in [4.78, 5) is 34.8. The molecule has 0 spiro atoms. The number of nitrogens with one attached hydrogen (secondary N) is 1. The molecule has 0 heterocycles. The summed E-state index contributed by atoms with van der Waals surface area (Å²) in [6.07, 6.45) is 0. The Kier molecular flexibility index (Phi) is 5.85. The number of amides is 3.